The summed E-state index contributed by atoms with van der Waals surface area (Å²) in [7, 11) is 2.12. The van der Waals surface area contributed by atoms with Crippen molar-refractivity contribution >= 4 is 23.1 Å². The van der Waals surface area contributed by atoms with E-state index in [1.165, 1.54) is 11.3 Å². The Morgan fingerprint density at radius 2 is 2.04 bits per heavy atom. The number of aromatic nitrogens is 3. The lowest BCUT2D eigenvalue weighted by molar-refractivity contribution is 0.0966. The van der Waals surface area contributed by atoms with Crippen molar-refractivity contribution in [3.63, 3.8) is 0 Å². The van der Waals surface area contributed by atoms with Crippen molar-refractivity contribution in [3.05, 3.63) is 59.0 Å². The molecule has 0 aliphatic carbocycles. The Balaban J connectivity index is 1.67. The highest BCUT2D eigenvalue weighted by atomic mass is 32.1. The Hall–Kier alpha value is -2.51. The first-order chi connectivity index (χ1) is 12.7. The lowest BCUT2D eigenvalue weighted by Crippen LogP contribution is -2.47. The van der Waals surface area contributed by atoms with E-state index < -0.39 is 0 Å². The first-order valence-electron chi connectivity index (χ1n) is 8.75. The lowest BCUT2D eigenvalue weighted by Gasteiger charge is -2.36. The van der Waals surface area contributed by atoms with E-state index in [9.17, 15) is 4.79 Å². The second-order valence-electron chi connectivity index (χ2n) is 6.49. The maximum atomic E-state index is 13.2. The third-order valence-corrected chi connectivity index (χ3v) is 5.57. The van der Waals surface area contributed by atoms with Gasteiger partial charge in [-0.2, -0.15) is 0 Å². The molecular weight excluding hydrogens is 346 g/mol. The number of nitrogens with zero attached hydrogens (tertiary/aromatic N) is 5. The highest BCUT2D eigenvalue weighted by Crippen LogP contribution is 2.26. The molecule has 1 fully saturated rings. The van der Waals surface area contributed by atoms with Gasteiger partial charge in [0.15, 0.2) is 11.6 Å². The summed E-state index contributed by atoms with van der Waals surface area (Å²) in [5, 5.41) is 6.59. The van der Waals surface area contributed by atoms with Gasteiger partial charge < -0.3 is 4.90 Å². The number of thiophene rings is 1. The molecule has 3 aromatic heterocycles. The van der Waals surface area contributed by atoms with Crippen molar-refractivity contribution in [2.24, 2.45) is 0 Å². The quantitative estimate of drug-likeness (QED) is 0.711. The van der Waals surface area contributed by atoms with E-state index in [-0.39, 0.29) is 11.9 Å². The van der Waals surface area contributed by atoms with E-state index in [0.29, 0.717) is 5.82 Å². The number of amides is 1. The fourth-order valence-corrected chi connectivity index (χ4v) is 3.95. The monoisotopic (exact) mass is 367 g/mol. The Kier molecular flexibility index (Phi) is 4.81. The zero-order valence-electron chi connectivity index (χ0n) is 14.7. The molecule has 7 heteroatoms. The topological polar surface area (TPSA) is 54.3 Å². The number of piperidine rings is 1. The van der Waals surface area contributed by atoms with Gasteiger partial charge in [0.05, 0.1) is 4.88 Å². The number of carbonyl (C=O) groups excluding carboxylic acids is 1. The van der Waals surface area contributed by atoms with Crippen LogP contribution in [0.15, 0.2) is 54.2 Å². The van der Waals surface area contributed by atoms with Crippen LogP contribution in [0.25, 0.3) is 5.82 Å². The van der Waals surface area contributed by atoms with E-state index in [0.717, 1.165) is 36.6 Å². The minimum atomic E-state index is 0.0285. The maximum absolute atomic E-state index is 13.2. The Morgan fingerprint density at radius 3 is 2.73 bits per heavy atom. The molecule has 0 unspecified atom stereocenters. The number of anilines is 1. The molecule has 1 saturated heterocycles. The molecule has 0 radical (unpaired) electrons. The molecule has 0 spiro atoms. The van der Waals surface area contributed by atoms with Gasteiger partial charge in [0.25, 0.3) is 5.91 Å². The Bertz CT molecular complexity index is 853. The summed E-state index contributed by atoms with van der Waals surface area (Å²) in [5.41, 5.74) is 0. The van der Waals surface area contributed by atoms with Crippen molar-refractivity contribution in [2.75, 3.05) is 25.0 Å². The van der Waals surface area contributed by atoms with Gasteiger partial charge in [0.2, 0.25) is 0 Å². The van der Waals surface area contributed by atoms with E-state index in [2.05, 4.69) is 22.0 Å². The predicted molar refractivity (Wildman–Crippen MR) is 103 cm³/mol. The van der Waals surface area contributed by atoms with E-state index in [1.54, 1.807) is 10.9 Å². The summed E-state index contributed by atoms with van der Waals surface area (Å²) in [6.45, 7) is 1.97. The largest absolute Gasteiger partial charge is 0.306 e. The summed E-state index contributed by atoms with van der Waals surface area (Å²) in [4.78, 5) is 22.4. The van der Waals surface area contributed by atoms with Crippen LogP contribution in [0, 0.1) is 0 Å². The summed E-state index contributed by atoms with van der Waals surface area (Å²) < 4.78 is 1.72. The first kappa shape index (κ1) is 16.9. The number of hydrogen-bond donors (Lipinski definition) is 0. The molecule has 3 aromatic rings. The van der Waals surface area contributed by atoms with Gasteiger partial charge in [-0.1, -0.05) is 12.1 Å². The molecule has 26 heavy (non-hydrogen) atoms. The number of likely N-dealkylation sites (tertiary alicyclic amines) is 1. The molecule has 0 saturated carbocycles. The average Bonchev–Trinajstić information content (AvgIpc) is 3.36. The molecule has 1 amide bonds. The summed E-state index contributed by atoms with van der Waals surface area (Å²) >= 11 is 1.47. The van der Waals surface area contributed by atoms with Gasteiger partial charge >= 0.3 is 0 Å². The highest BCUT2D eigenvalue weighted by molar-refractivity contribution is 7.12. The minimum absolute atomic E-state index is 0.0285. The lowest BCUT2D eigenvalue weighted by atomic mass is 10.0. The molecule has 0 aromatic carbocycles. The molecule has 1 aliphatic heterocycles. The molecule has 134 valence electrons. The summed E-state index contributed by atoms with van der Waals surface area (Å²) in [6.07, 6.45) is 5.50. The third-order valence-electron chi connectivity index (χ3n) is 4.71. The molecule has 4 rings (SSSR count). The Morgan fingerprint density at radius 1 is 1.19 bits per heavy atom. The van der Waals surface area contributed by atoms with Gasteiger partial charge in [-0.25, -0.2) is 9.67 Å². The maximum Gasteiger partial charge on any atom is 0.269 e. The number of rotatable bonds is 4. The molecular formula is C19H21N5OS. The van der Waals surface area contributed by atoms with Gasteiger partial charge in [-0.15, -0.1) is 16.4 Å². The van der Waals surface area contributed by atoms with Crippen molar-refractivity contribution in [1.29, 1.82) is 0 Å². The SMILES string of the molecule is CN1CCC(N(C(=O)c2cccs2)c2ccn(-c3ccccn3)n2)CC1. The number of hydrogen-bond acceptors (Lipinski definition) is 5. The molecule has 6 nitrogen and oxygen atoms in total. The van der Waals surface area contributed by atoms with Crippen LogP contribution in [0.2, 0.25) is 0 Å². The second kappa shape index (κ2) is 7.39. The second-order valence-corrected chi connectivity index (χ2v) is 7.44. The molecule has 0 N–H and O–H groups in total. The van der Waals surface area contributed by atoms with Crippen LogP contribution in [-0.2, 0) is 0 Å². The highest BCUT2D eigenvalue weighted by Gasteiger charge is 2.31. The number of pyridine rings is 1. The van der Waals surface area contributed by atoms with E-state index in [1.807, 2.05) is 52.9 Å². The van der Waals surface area contributed by atoms with Crippen LogP contribution >= 0.6 is 11.3 Å². The first-order valence-corrected chi connectivity index (χ1v) is 9.63. The van der Waals surface area contributed by atoms with Crippen LogP contribution in [0.3, 0.4) is 0 Å². The average molecular weight is 367 g/mol. The normalized spacial score (nSPS) is 15.9. The van der Waals surface area contributed by atoms with Crippen molar-refractivity contribution in [2.45, 2.75) is 18.9 Å². The Labute approximate surface area is 156 Å². The minimum Gasteiger partial charge on any atom is -0.306 e. The third kappa shape index (κ3) is 3.40. The van der Waals surface area contributed by atoms with E-state index >= 15 is 0 Å². The van der Waals surface area contributed by atoms with E-state index in [4.69, 9.17) is 0 Å². The fraction of sp³-hybridized carbons (Fsp3) is 0.316. The van der Waals surface area contributed by atoms with Crippen molar-refractivity contribution in [3.8, 4) is 5.82 Å². The van der Waals surface area contributed by atoms with Crippen LogP contribution < -0.4 is 4.90 Å². The summed E-state index contributed by atoms with van der Waals surface area (Å²) in [6, 6.07) is 11.6. The van der Waals surface area contributed by atoms with Crippen molar-refractivity contribution in [1.82, 2.24) is 19.7 Å². The van der Waals surface area contributed by atoms with Crippen molar-refractivity contribution < 1.29 is 4.79 Å². The zero-order chi connectivity index (χ0) is 17.9. The van der Waals surface area contributed by atoms with Gasteiger partial charge in [0, 0.05) is 24.5 Å². The van der Waals surface area contributed by atoms with Crippen LogP contribution in [-0.4, -0.2) is 51.8 Å². The van der Waals surface area contributed by atoms with Gasteiger partial charge in [-0.05, 0) is 56.6 Å². The molecule has 1 aliphatic rings. The van der Waals surface area contributed by atoms with Crippen LogP contribution in [0.4, 0.5) is 5.82 Å². The molecule has 0 atom stereocenters. The van der Waals surface area contributed by atoms with Gasteiger partial charge in [-0.3, -0.25) is 9.69 Å². The van der Waals surface area contributed by atoms with Crippen LogP contribution in [0.1, 0.15) is 22.5 Å². The smallest absolute Gasteiger partial charge is 0.269 e. The molecule has 0 bridgehead atoms. The zero-order valence-corrected chi connectivity index (χ0v) is 15.5. The van der Waals surface area contributed by atoms with Gasteiger partial charge in [0.1, 0.15) is 0 Å². The summed E-state index contributed by atoms with van der Waals surface area (Å²) in [5.74, 6) is 1.45. The predicted octanol–water partition coefficient (Wildman–Crippen LogP) is 3.07. The standard InChI is InChI=1S/C19H21N5OS/c1-22-11-7-15(8-12-22)24(19(25)16-5-4-14-26-16)18-9-13-23(21-18)17-6-2-3-10-20-17/h2-6,9-10,13-15H,7-8,11-12H2,1H3. The molecule has 4 heterocycles. The fourth-order valence-electron chi connectivity index (χ4n) is 3.29. The van der Waals surface area contributed by atoms with Crippen LogP contribution in [0.5, 0.6) is 0 Å². The number of carbonyl (C=O) groups is 1.